The molecule has 4 nitrogen and oxygen atoms in total. The number of benzene rings is 1. The van der Waals surface area contributed by atoms with Crippen LogP contribution < -0.4 is 0 Å². The van der Waals surface area contributed by atoms with Crippen molar-refractivity contribution in [3.8, 4) is 0 Å². The van der Waals surface area contributed by atoms with E-state index in [0.29, 0.717) is 12.1 Å². The monoisotopic (exact) mass is 291 g/mol. The van der Waals surface area contributed by atoms with Crippen LogP contribution in [0.3, 0.4) is 0 Å². The molecule has 0 fully saturated rings. The lowest BCUT2D eigenvalue weighted by Crippen LogP contribution is -2.34. The van der Waals surface area contributed by atoms with Gasteiger partial charge in [0.15, 0.2) is 0 Å². The van der Waals surface area contributed by atoms with Gasteiger partial charge in [-0.05, 0) is 25.0 Å². The first-order valence-electron chi connectivity index (χ1n) is 7.63. The third kappa shape index (κ3) is 5.98. The summed E-state index contributed by atoms with van der Waals surface area (Å²) in [4.78, 5) is 25.0. The molecule has 0 radical (unpaired) electrons. The van der Waals surface area contributed by atoms with Crippen molar-refractivity contribution in [3.05, 3.63) is 35.4 Å². The molecule has 0 aliphatic heterocycles. The molecule has 0 aromatic heterocycles. The Labute approximate surface area is 126 Å². The molecule has 0 aliphatic carbocycles. The highest BCUT2D eigenvalue weighted by atomic mass is 16.4. The van der Waals surface area contributed by atoms with Crippen molar-refractivity contribution >= 4 is 11.9 Å². The first kappa shape index (κ1) is 17.2. The van der Waals surface area contributed by atoms with Crippen molar-refractivity contribution in [3.63, 3.8) is 0 Å². The second-order valence-corrected chi connectivity index (χ2v) is 5.31. The van der Waals surface area contributed by atoms with Gasteiger partial charge in [-0.15, -0.1) is 0 Å². The summed E-state index contributed by atoms with van der Waals surface area (Å²) < 4.78 is 0. The topological polar surface area (TPSA) is 57.6 Å². The van der Waals surface area contributed by atoms with Crippen molar-refractivity contribution in [2.75, 3.05) is 13.1 Å². The van der Waals surface area contributed by atoms with Gasteiger partial charge in [-0.3, -0.25) is 9.59 Å². The Bertz CT molecular complexity index is 471. The molecule has 1 rings (SSSR count). The smallest absolute Gasteiger partial charge is 0.305 e. The standard InChI is InChI=1S/C17H25NO3/c1-3-4-5-8-12-18(13-11-16(19)20)17(21)15-10-7-6-9-14(15)2/h6-7,9-10H,3-5,8,11-13H2,1-2H3,(H,19,20). The summed E-state index contributed by atoms with van der Waals surface area (Å²) in [6.07, 6.45) is 4.27. The number of carbonyl (C=O) groups is 2. The van der Waals surface area contributed by atoms with E-state index in [0.717, 1.165) is 31.2 Å². The minimum Gasteiger partial charge on any atom is -0.481 e. The molecule has 0 saturated heterocycles. The highest BCUT2D eigenvalue weighted by molar-refractivity contribution is 5.95. The number of carboxylic acids is 1. The fourth-order valence-corrected chi connectivity index (χ4v) is 2.26. The fraction of sp³-hybridized carbons (Fsp3) is 0.529. The van der Waals surface area contributed by atoms with Gasteiger partial charge in [0, 0.05) is 18.7 Å². The maximum absolute atomic E-state index is 12.6. The summed E-state index contributed by atoms with van der Waals surface area (Å²) >= 11 is 0. The van der Waals surface area contributed by atoms with Gasteiger partial charge < -0.3 is 10.0 Å². The number of unbranched alkanes of at least 4 members (excludes halogenated alkanes) is 3. The molecule has 0 bridgehead atoms. The number of amides is 1. The molecule has 0 aliphatic rings. The van der Waals surface area contributed by atoms with Crippen LogP contribution in [0.1, 0.15) is 54.9 Å². The molecule has 1 amide bonds. The van der Waals surface area contributed by atoms with Crippen LogP contribution in [0.5, 0.6) is 0 Å². The molecule has 0 heterocycles. The number of aryl methyl sites for hydroxylation is 1. The van der Waals surface area contributed by atoms with Crippen molar-refractivity contribution in [2.24, 2.45) is 0 Å². The number of carbonyl (C=O) groups excluding carboxylic acids is 1. The number of rotatable bonds is 9. The first-order chi connectivity index (χ1) is 10.1. The summed E-state index contributed by atoms with van der Waals surface area (Å²) in [6.45, 7) is 4.94. The van der Waals surface area contributed by atoms with Gasteiger partial charge in [0.1, 0.15) is 0 Å². The van der Waals surface area contributed by atoms with Crippen LogP contribution in [-0.2, 0) is 4.79 Å². The van der Waals surface area contributed by atoms with Gasteiger partial charge in [-0.1, -0.05) is 44.4 Å². The largest absolute Gasteiger partial charge is 0.481 e. The molecular weight excluding hydrogens is 266 g/mol. The van der Waals surface area contributed by atoms with E-state index < -0.39 is 5.97 Å². The molecule has 4 heteroatoms. The molecule has 0 atom stereocenters. The fourth-order valence-electron chi connectivity index (χ4n) is 2.26. The molecular formula is C17H25NO3. The number of hydrogen-bond donors (Lipinski definition) is 1. The second-order valence-electron chi connectivity index (χ2n) is 5.31. The molecule has 116 valence electrons. The lowest BCUT2D eigenvalue weighted by atomic mass is 10.1. The number of aliphatic carboxylic acids is 1. The van der Waals surface area contributed by atoms with Crippen molar-refractivity contribution in [1.29, 1.82) is 0 Å². The normalized spacial score (nSPS) is 10.4. The third-order valence-electron chi connectivity index (χ3n) is 3.54. The summed E-state index contributed by atoms with van der Waals surface area (Å²) in [7, 11) is 0. The Morgan fingerprint density at radius 3 is 2.43 bits per heavy atom. The van der Waals surface area contributed by atoms with Crippen molar-refractivity contribution in [1.82, 2.24) is 4.90 Å². The van der Waals surface area contributed by atoms with E-state index in [-0.39, 0.29) is 18.9 Å². The number of hydrogen-bond acceptors (Lipinski definition) is 2. The van der Waals surface area contributed by atoms with E-state index in [9.17, 15) is 9.59 Å². The van der Waals surface area contributed by atoms with Crippen molar-refractivity contribution < 1.29 is 14.7 Å². The maximum Gasteiger partial charge on any atom is 0.305 e. The number of nitrogens with zero attached hydrogens (tertiary/aromatic N) is 1. The zero-order valence-corrected chi connectivity index (χ0v) is 13.0. The molecule has 1 N–H and O–H groups in total. The molecule has 1 aromatic carbocycles. The first-order valence-corrected chi connectivity index (χ1v) is 7.63. The van der Waals surface area contributed by atoms with E-state index in [1.165, 1.54) is 0 Å². The maximum atomic E-state index is 12.6. The SMILES string of the molecule is CCCCCCN(CCC(=O)O)C(=O)c1ccccc1C. The van der Waals surface area contributed by atoms with Gasteiger partial charge in [0.25, 0.3) is 5.91 Å². The molecule has 21 heavy (non-hydrogen) atoms. The van der Waals surface area contributed by atoms with E-state index >= 15 is 0 Å². The predicted octanol–water partition coefficient (Wildman–Crippen LogP) is 3.49. The summed E-state index contributed by atoms with van der Waals surface area (Å²) in [5.41, 5.74) is 1.59. The van der Waals surface area contributed by atoms with Crippen LogP contribution in [0.4, 0.5) is 0 Å². The van der Waals surface area contributed by atoms with Gasteiger partial charge in [0.05, 0.1) is 6.42 Å². The van der Waals surface area contributed by atoms with Crippen LogP contribution in [0.15, 0.2) is 24.3 Å². The van der Waals surface area contributed by atoms with Gasteiger partial charge >= 0.3 is 5.97 Å². The Hall–Kier alpha value is -1.84. The lowest BCUT2D eigenvalue weighted by molar-refractivity contribution is -0.137. The highest BCUT2D eigenvalue weighted by Crippen LogP contribution is 2.12. The van der Waals surface area contributed by atoms with E-state index in [2.05, 4.69) is 6.92 Å². The van der Waals surface area contributed by atoms with E-state index in [4.69, 9.17) is 5.11 Å². The molecule has 0 unspecified atom stereocenters. The Morgan fingerprint density at radius 2 is 1.81 bits per heavy atom. The van der Waals surface area contributed by atoms with Crippen molar-refractivity contribution in [2.45, 2.75) is 46.0 Å². The van der Waals surface area contributed by atoms with Gasteiger partial charge in [-0.2, -0.15) is 0 Å². The quantitative estimate of drug-likeness (QED) is 0.708. The zero-order chi connectivity index (χ0) is 15.7. The average molecular weight is 291 g/mol. The van der Waals surface area contributed by atoms with E-state index in [1.54, 1.807) is 11.0 Å². The average Bonchev–Trinajstić information content (AvgIpc) is 2.46. The van der Waals surface area contributed by atoms with Crippen LogP contribution in [-0.4, -0.2) is 35.0 Å². The lowest BCUT2D eigenvalue weighted by Gasteiger charge is -2.23. The highest BCUT2D eigenvalue weighted by Gasteiger charge is 2.17. The Balaban J connectivity index is 2.71. The summed E-state index contributed by atoms with van der Waals surface area (Å²) in [6, 6.07) is 7.44. The zero-order valence-electron chi connectivity index (χ0n) is 13.0. The Morgan fingerprint density at radius 1 is 1.10 bits per heavy atom. The second kappa shape index (κ2) is 9.16. The minimum absolute atomic E-state index is 0.00853. The summed E-state index contributed by atoms with van der Waals surface area (Å²) in [5.74, 6) is -0.933. The third-order valence-corrected chi connectivity index (χ3v) is 3.54. The number of carboxylic acid groups (broad SMARTS) is 1. The van der Waals surface area contributed by atoms with Gasteiger partial charge in [0.2, 0.25) is 0 Å². The molecule has 0 saturated carbocycles. The molecule has 0 spiro atoms. The predicted molar refractivity (Wildman–Crippen MR) is 83.5 cm³/mol. The van der Waals surface area contributed by atoms with Crippen LogP contribution in [0, 0.1) is 6.92 Å². The van der Waals surface area contributed by atoms with Gasteiger partial charge in [-0.25, -0.2) is 0 Å². The minimum atomic E-state index is -0.869. The molecule has 1 aromatic rings. The van der Waals surface area contributed by atoms with Crippen LogP contribution in [0.2, 0.25) is 0 Å². The van der Waals surface area contributed by atoms with Crippen LogP contribution >= 0.6 is 0 Å². The van der Waals surface area contributed by atoms with E-state index in [1.807, 2.05) is 25.1 Å². The van der Waals surface area contributed by atoms with Crippen LogP contribution in [0.25, 0.3) is 0 Å². The summed E-state index contributed by atoms with van der Waals surface area (Å²) in [5, 5.41) is 8.84. The Kier molecular flexibility index (Phi) is 7.51.